The van der Waals surface area contributed by atoms with Crippen LogP contribution in [0.3, 0.4) is 0 Å². The highest BCUT2D eigenvalue weighted by atomic mass is 16.2. The van der Waals surface area contributed by atoms with Crippen molar-refractivity contribution in [3.8, 4) is 0 Å². The predicted molar refractivity (Wildman–Crippen MR) is 87.7 cm³/mol. The predicted octanol–water partition coefficient (Wildman–Crippen LogP) is 1.44. The van der Waals surface area contributed by atoms with Crippen molar-refractivity contribution in [1.29, 1.82) is 0 Å². The number of amides is 1. The van der Waals surface area contributed by atoms with Crippen molar-refractivity contribution in [3.05, 3.63) is 63.0 Å². The molecule has 1 N–H and O–H groups in total. The summed E-state index contributed by atoms with van der Waals surface area (Å²) in [4.78, 5) is 35.6. The number of hydrogen-bond acceptors (Lipinski definition) is 4. The molecule has 0 unspecified atom stereocenters. The van der Waals surface area contributed by atoms with Gasteiger partial charge in [0.1, 0.15) is 5.69 Å². The molecular weight excluding hydrogens is 306 g/mol. The minimum absolute atomic E-state index is 0.130. The Balaban J connectivity index is 1.75. The van der Waals surface area contributed by atoms with Crippen LogP contribution in [0.1, 0.15) is 39.9 Å². The van der Waals surface area contributed by atoms with Gasteiger partial charge in [-0.3, -0.25) is 19.7 Å². The van der Waals surface area contributed by atoms with Gasteiger partial charge in [0.15, 0.2) is 5.65 Å². The van der Waals surface area contributed by atoms with Crippen molar-refractivity contribution >= 4 is 11.6 Å². The summed E-state index contributed by atoms with van der Waals surface area (Å²) in [5.41, 5.74) is 4.11. The summed E-state index contributed by atoms with van der Waals surface area (Å²) in [5.74, 6) is -0.187. The van der Waals surface area contributed by atoms with Gasteiger partial charge in [-0.2, -0.15) is 0 Å². The Labute approximate surface area is 138 Å². The quantitative estimate of drug-likeness (QED) is 0.773. The van der Waals surface area contributed by atoms with Crippen molar-refractivity contribution < 1.29 is 4.79 Å². The molecule has 0 saturated heterocycles. The number of H-pyrrole nitrogens is 1. The monoisotopic (exact) mass is 323 g/mol. The maximum absolute atomic E-state index is 12.7. The Hall–Kier alpha value is -2.96. The van der Waals surface area contributed by atoms with Crippen LogP contribution >= 0.6 is 0 Å². The number of aromatic amines is 1. The van der Waals surface area contributed by atoms with Crippen LogP contribution in [0.25, 0.3) is 5.65 Å². The van der Waals surface area contributed by atoms with E-state index in [4.69, 9.17) is 0 Å². The van der Waals surface area contributed by atoms with E-state index in [1.54, 1.807) is 29.3 Å². The minimum Gasteiger partial charge on any atom is -0.327 e. The first-order valence-corrected chi connectivity index (χ1v) is 7.92. The van der Waals surface area contributed by atoms with Crippen LogP contribution in [-0.4, -0.2) is 30.4 Å². The molecule has 4 rings (SSSR count). The van der Waals surface area contributed by atoms with Gasteiger partial charge in [0, 0.05) is 17.5 Å². The number of carbonyl (C=O) groups is 1. The first-order chi connectivity index (χ1) is 11.6. The first-order valence-electron chi connectivity index (χ1n) is 7.92. The average Bonchev–Trinajstić information content (AvgIpc) is 3.18. The highest BCUT2D eigenvalue weighted by molar-refractivity contribution is 5.92. The van der Waals surface area contributed by atoms with Crippen LogP contribution in [0.5, 0.6) is 0 Å². The van der Waals surface area contributed by atoms with Crippen molar-refractivity contribution in [2.75, 3.05) is 0 Å². The molecule has 0 bridgehead atoms. The van der Waals surface area contributed by atoms with Crippen LogP contribution in [0.4, 0.5) is 0 Å². The molecule has 1 aliphatic heterocycles. The molecule has 0 atom stereocenters. The van der Waals surface area contributed by atoms with E-state index >= 15 is 0 Å². The van der Waals surface area contributed by atoms with E-state index < -0.39 is 0 Å². The Morgan fingerprint density at radius 2 is 2.17 bits per heavy atom. The molecule has 24 heavy (non-hydrogen) atoms. The topological polar surface area (TPSA) is 83.4 Å². The lowest BCUT2D eigenvalue weighted by Gasteiger charge is -2.13. The summed E-state index contributed by atoms with van der Waals surface area (Å²) < 4.78 is 1.49. The van der Waals surface area contributed by atoms with E-state index in [1.807, 2.05) is 13.8 Å². The summed E-state index contributed by atoms with van der Waals surface area (Å²) in [6.07, 6.45) is 2.39. The lowest BCUT2D eigenvalue weighted by Crippen LogP contribution is -2.27. The number of nitrogens with zero attached hydrogens (tertiary/aromatic N) is 4. The second kappa shape index (κ2) is 5.30. The maximum atomic E-state index is 12.7. The Morgan fingerprint density at radius 1 is 1.33 bits per heavy atom. The molecule has 3 aromatic rings. The lowest BCUT2D eigenvalue weighted by atomic mass is 10.2. The third kappa shape index (κ3) is 2.05. The summed E-state index contributed by atoms with van der Waals surface area (Å²) in [7, 11) is 0. The molecule has 0 saturated carbocycles. The number of pyridine rings is 1. The number of nitrogens with one attached hydrogen (secondary N) is 1. The zero-order valence-electron chi connectivity index (χ0n) is 13.5. The molecule has 0 fully saturated rings. The molecule has 1 amide bonds. The van der Waals surface area contributed by atoms with Gasteiger partial charge >= 0.3 is 0 Å². The molecular formula is C17H17N5O2. The van der Waals surface area contributed by atoms with Crippen LogP contribution in [0.15, 0.2) is 29.2 Å². The smallest absolute Gasteiger partial charge is 0.278 e. The minimum atomic E-state index is -0.187. The number of rotatable bonds is 2. The maximum Gasteiger partial charge on any atom is 0.278 e. The molecule has 0 aromatic carbocycles. The number of aryl methyl sites for hydroxylation is 2. The van der Waals surface area contributed by atoms with Crippen LogP contribution in [0, 0.1) is 6.92 Å². The van der Waals surface area contributed by atoms with Crippen LogP contribution < -0.4 is 5.56 Å². The van der Waals surface area contributed by atoms with E-state index in [2.05, 4.69) is 15.1 Å². The second-order valence-electron chi connectivity index (χ2n) is 5.95. The van der Waals surface area contributed by atoms with E-state index in [0.717, 1.165) is 17.7 Å². The summed E-state index contributed by atoms with van der Waals surface area (Å²) in [6, 6.07) is 5.21. The summed E-state index contributed by atoms with van der Waals surface area (Å²) >= 11 is 0. The Morgan fingerprint density at radius 3 is 2.88 bits per heavy atom. The fraction of sp³-hybridized carbons (Fsp3) is 0.294. The van der Waals surface area contributed by atoms with Gasteiger partial charge in [-0.1, -0.05) is 13.0 Å². The number of fused-ring (bicyclic) bond motifs is 2. The number of hydrogen-bond donors (Lipinski definition) is 1. The fourth-order valence-electron chi connectivity index (χ4n) is 3.17. The van der Waals surface area contributed by atoms with Crippen molar-refractivity contribution in [2.45, 2.75) is 33.4 Å². The highest BCUT2D eigenvalue weighted by Crippen LogP contribution is 2.22. The van der Waals surface area contributed by atoms with E-state index in [9.17, 15) is 9.59 Å². The molecule has 0 aliphatic carbocycles. The molecule has 0 radical (unpaired) electrons. The lowest BCUT2D eigenvalue weighted by molar-refractivity contribution is 0.0744. The van der Waals surface area contributed by atoms with Crippen molar-refractivity contribution in [3.63, 3.8) is 0 Å². The van der Waals surface area contributed by atoms with Gasteiger partial charge in [0.2, 0.25) is 0 Å². The fourth-order valence-corrected chi connectivity index (χ4v) is 3.17. The summed E-state index contributed by atoms with van der Waals surface area (Å²) in [6.45, 7) is 4.58. The standard InChI is InChI=1S/C17H17N5O2/c1-3-12-10(2)15-19-14-9-21(8-11(14)16(23)22(15)20-12)17(24)13-6-4-5-7-18-13/h4-7,20H,3,8-9H2,1-2H3. The van der Waals surface area contributed by atoms with E-state index in [1.165, 1.54) is 4.52 Å². The molecule has 1 aliphatic rings. The van der Waals surface area contributed by atoms with Crippen molar-refractivity contribution in [2.24, 2.45) is 0 Å². The first kappa shape index (κ1) is 14.6. The second-order valence-corrected chi connectivity index (χ2v) is 5.95. The Bertz CT molecular complexity index is 1000. The SMILES string of the molecule is CCc1[nH]n2c(=O)c3c(nc2c1C)CN(C(=O)c1ccccn1)C3. The molecule has 0 spiro atoms. The van der Waals surface area contributed by atoms with Gasteiger partial charge < -0.3 is 4.90 Å². The molecule has 122 valence electrons. The van der Waals surface area contributed by atoms with Crippen LogP contribution in [0.2, 0.25) is 0 Å². The molecule has 3 aromatic heterocycles. The summed E-state index contributed by atoms with van der Waals surface area (Å²) in [5, 5.41) is 3.11. The van der Waals surface area contributed by atoms with Gasteiger partial charge in [0.25, 0.3) is 11.5 Å². The third-order valence-corrected chi connectivity index (χ3v) is 4.51. The zero-order valence-corrected chi connectivity index (χ0v) is 13.5. The van der Waals surface area contributed by atoms with Gasteiger partial charge in [-0.05, 0) is 25.5 Å². The third-order valence-electron chi connectivity index (χ3n) is 4.51. The average molecular weight is 323 g/mol. The Kier molecular flexibility index (Phi) is 3.23. The van der Waals surface area contributed by atoms with Gasteiger partial charge in [0.05, 0.1) is 24.3 Å². The van der Waals surface area contributed by atoms with Crippen molar-refractivity contribution in [1.82, 2.24) is 24.5 Å². The van der Waals surface area contributed by atoms with Gasteiger partial charge in [-0.25, -0.2) is 9.50 Å². The number of carbonyl (C=O) groups excluding carboxylic acids is 1. The number of aromatic nitrogens is 4. The molecule has 7 nitrogen and oxygen atoms in total. The van der Waals surface area contributed by atoms with E-state index in [0.29, 0.717) is 29.1 Å². The molecule has 7 heteroatoms. The van der Waals surface area contributed by atoms with E-state index in [-0.39, 0.29) is 18.0 Å². The van der Waals surface area contributed by atoms with Gasteiger partial charge in [-0.15, -0.1) is 0 Å². The molecule has 4 heterocycles. The largest absolute Gasteiger partial charge is 0.327 e. The zero-order chi connectivity index (χ0) is 16.8. The normalized spacial score (nSPS) is 13.5. The van der Waals surface area contributed by atoms with Crippen LogP contribution in [-0.2, 0) is 19.5 Å². The highest BCUT2D eigenvalue weighted by Gasteiger charge is 2.30.